The molecule has 0 amide bonds. The van der Waals surface area contributed by atoms with Crippen molar-refractivity contribution in [2.24, 2.45) is 0 Å². The molecule has 2 aliphatic rings. The monoisotopic (exact) mass is 1730 g/mol. The van der Waals surface area contributed by atoms with Gasteiger partial charge >= 0.3 is 0 Å². The Morgan fingerprint density at radius 3 is 1.31 bits per heavy atom. The number of aliphatic hydroxyl groups excluding tert-OH is 2. The smallest absolute Gasteiger partial charge is 0.144 e. The molecule has 0 saturated heterocycles. The molecule has 11 nitrogen and oxygen atoms in total. The second-order valence-electron chi connectivity index (χ2n) is 25.3. The molecule has 0 aliphatic heterocycles. The maximum Gasteiger partial charge on any atom is 0.144 e. The number of nitrogens with zero attached hydrogens (tertiary/aromatic N) is 4. The first kappa shape index (κ1) is 85.4. The summed E-state index contributed by atoms with van der Waals surface area (Å²) in [4.78, 5) is 18.0. The van der Waals surface area contributed by atoms with Gasteiger partial charge in [-0.2, -0.15) is 0 Å². The van der Waals surface area contributed by atoms with Gasteiger partial charge in [0.1, 0.15) is 16.7 Å². The van der Waals surface area contributed by atoms with E-state index in [0.29, 0.717) is 6.26 Å². The zero-order valence-electron chi connectivity index (χ0n) is 59.1. The summed E-state index contributed by atoms with van der Waals surface area (Å²) in [5.74, 6) is 6.85. The number of aliphatic hydroxyl groups is 2. The first-order valence-corrected chi connectivity index (χ1v) is 41.7. The number of aromatic nitrogens is 4. The van der Waals surface area contributed by atoms with Crippen LogP contribution < -0.4 is 10.4 Å². The summed E-state index contributed by atoms with van der Waals surface area (Å²) >= 11 is 0. The van der Waals surface area contributed by atoms with Crippen LogP contribution in [0.25, 0.3) is 88.9 Å². The molecular formula is C79H86B5Ir2N4O7SSi2-4. The van der Waals surface area contributed by atoms with Crippen LogP contribution in [-0.4, -0.2) is 116 Å². The number of para-hydroxylation sites is 1. The van der Waals surface area contributed by atoms with Crippen molar-refractivity contribution in [3.63, 3.8) is 0 Å². The van der Waals surface area contributed by atoms with E-state index in [0.717, 1.165) is 98.8 Å². The largest absolute Gasteiger partial charge is 0.748 e. The van der Waals surface area contributed by atoms with Crippen LogP contribution in [0.3, 0.4) is 0 Å². The Kier molecular flexibility index (Phi) is 36.8. The normalized spacial score (nSPS) is 12.3. The fourth-order valence-corrected chi connectivity index (χ4v) is 13.5. The molecule has 9 radical (unpaired) electrons. The number of pyridine rings is 4. The van der Waals surface area contributed by atoms with Crippen molar-refractivity contribution in [2.45, 2.75) is 116 Å². The van der Waals surface area contributed by atoms with E-state index in [4.69, 9.17) is 55.2 Å². The molecule has 0 spiro atoms. The predicted octanol–water partition coefficient (Wildman–Crippen LogP) is 16.1. The molecule has 6 aromatic heterocycles. The van der Waals surface area contributed by atoms with Gasteiger partial charge in [-0.25, -0.2) is 8.42 Å². The Morgan fingerprint density at radius 1 is 0.520 bits per heavy atom. The zero-order valence-corrected chi connectivity index (χ0v) is 66.7. The molecular weight excluding hydrogens is 1640 g/mol. The van der Waals surface area contributed by atoms with E-state index in [1.54, 1.807) is 6.20 Å². The Balaban J connectivity index is 0.000000261. The van der Waals surface area contributed by atoms with Crippen molar-refractivity contribution in [1.82, 2.24) is 19.9 Å². The minimum absolute atomic E-state index is 0. The predicted molar refractivity (Wildman–Crippen MR) is 418 cm³/mol. The molecule has 6 heterocycles. The summed E-state index contributed by atoms with van der Waals surface area (Å²) in [5, 5.41) is 21.6. The Hall–Kier alpha value is -7.03. The molecule has 14 rings (SSSR count). The third-order valence-corrected chi connectivity index (χ3v) is 20.3. The van der Waals surface area contributed by atoms with Gasteiger partial charge in [-0.3, -0.25) is 4.98 Å². The number of hydrogen-bond donors (Lipinski definition) is 2. The SMILES string of the molecule is CC#CC.CO.CO.CS(=O)(=O)[O-].C[Si](C)(C)c1ccc2oc3c(-c4ccccn4)[c-]ccc3c2c1.C[Si](C)(C)c1ccc2oc3c(-c4ccccn4)cccc3c2c1.[B][B]B([B])[B].[Ir].[Ir].[c-]1ccccc1-c1ccc(C2CCCC2)cn1.[c-]1ccccc1-c1ccc(C2CCCC2)cn1. The topological polar surface area (TPSA) is 175 Å². The van der Waals surface area contributed by atoms with Crippen LogP contribution >= 0.6 is 0 Å². The van der Waals surface area contributed by atoms with Crippen LogP contribution in [0.4, 0.5) is 0 Å². The van der Waals surface area contributed by atoms with Crippen molar-refractivity contribution in [3.05, 3.63) is 230 Å². The molecule has 100 heavy (non-hydrogen) atoms. The van der Waals surface area contributed by atoms with Crippen LogP contribution in [0.1, 0.15) is 88.2 Å². The van der Waals surface area contributed by atoms with Crippen LogP contribution in [0, 0.1) is 30.0 Å². The van der Waals surface area contributed by atoms with Crippen LogP contribution in [0.2, 0.25) is 39.3 Å². The van der Waals surface area contributed by atoms with Gasteiger partial charge in [-0.1, -0.05) is 165 Å². The molecule has 0 bridgehead atoms. The van der Waals surface area contributed by atoms with Crippen molar-refractivity contribution in [3.8, 4) is 56.9 Å². The minimum Gasteiger partial charge on any atom is -0.748 e. The number of fused-ring (bicyclic) bond motifs is 6. The molecule has 515 valence electrons. The van der Waals surface area contributed by atoms with Gasteiger partial charge in [0.15, 0.2) is 0 Å². The van der Waals surface area contributed by atoms with E-state index in [2.05, 4.69) is 186 Å². The quantitative estimate of drug-likeness (QED) is 0.0609. The fraction of sp³-hybridized carbons (Fsp3) is 0.266. The molecule has 21 heteroatoms. The van der Waals surface area contributed by atoms with Crippen LogP contribution in [0.5, 0.6) is 0 Å². The number of furan rings is 2. The van der Waals surface area contributed by atoms with Crippen molar-refractivity contribution < 1.29 is 72.2 Å². The van der Waals surface area contributed by atoms with E-state index < -0.39 is 32.7 Å². The van der Waals surface area contributed by atoms with Gasteiger partial charge in [0.2, 0.25) is 0 Å². The summed E-state index contributed by atoms with van der Waals surface area (Å²) < 4.78 is 39.6. The molecule has 12 aromatic rings. The second-order valence-corrected chi connectivity index (χ2v) is 36.8. The zero-order chi connectivity index (χ0) is 71.3. The summed E-state index contributed by atoms with van der Waals surface area (Å²) in [6.07, 6.45) is 18.7. The summed E-state index contributed by atoms with van der Waals surface area (Å²) in [6.45, 7) is 17.8. The van der Waals surface area contributed by atoms with E-state index in [-0.39, 0.29) is 40.2 Å². The van der Waals surface area contributed by atoms with E-state index in [1.165, 1.54) is 96.1 Å². The van der Waals surface area contributed by atoms with Gasteiger partial charge in [0.05, 0.1) is 37.5 Å². The van der Waals surface area contributed by atoms with E-state index in [9.17, 15) is 0 Å². The van der Waals surface area contributed by atoms with E-state index >= 15 is 0 Å². The average molecular weight is 1730 g/mol. The second kappa shape index (κ2) is 43.0. The molecule has 6 aromatic carbocycles. The van der Waals surface area contributed by atoms with Crippen molar-refractivity contribution >= 4 is 117 Å². The third kappa shape index (κ3) is 26.1. The van der Waals surface area contributed by atoms with Gasteiger partial charge < -0.3 is 38.6 Å². The van der Waals surface area contributed by atoms with Crippen LogP contribution in [0.15, 0.2) is 210 Å². The minimum atomic E-state index is -3.92. The maximum atomic E-state index is 9.08. The number of benzene rings is 6. The Morgan fingerprint density at radius 2 is 0.940 bits per heavy atom. The third-order valence-electron chi connectivity index (χ3n) is 16.2. The van der Waals surface area contributed by atoms with E-state index in [1.807, 2.05) is 111 Å². The summed E-state index contributed by atoms with van der Waals surface area (Å²) in [6, 6.07) is 69.9. The number of rotatable bonds is 9. The van der Waals surface area contributed by atoms with Gasteiger partial charge in [0, 0.05) is 144 Å². The molecule has 2 saturated carbocycles. The number of hydrogen-bond acceptors (Lipinski definition) is 11. The molecule has 2 aliphatic carbocycles. The molecule has 0 atom stereocenters. The summed E-state index contributed by atoms with van der Waals surface area (Å²) in [7, 11) is 11.2. The molecule has 2 fully saturated rings. The fourth-order valence-electron chi connectivity index (χ4n) is 11.1. The van der Waals surface area contributed by atoms with Crippen molar-refractivity contribution in [2.75, 3.05) is 20.5 Å². The first-order valence-electron chi connectivity index (χ1n) is 32.9. The van der Waals surface area contributed by atoms with Gasteiger partial charge in [-0.15, -0.1) is 102 Å². The van der Waals surface area contributed by atoms with Gasteiger partial charge in [0.25, 0.3) is 0 Å². The van der Waals surface area contributed by atoms with Crippen molar-refractivity contribution in [1.29, 1.82) is 0 Å². The first-order chi connectivity index (χ1) is 47.1. The Labute approximate surface area is 628 Å². The Bertz CT molecular complexity index is 4240. The summed E-state index contributed by atoms with van der Waals surface area (Å²) in [5.41, 5.74) is 14.5. The molecule has 2 N–H and O–H groups in total. The maximum absolute atomic E-state index is 9.08. The molecule has 0 unspecified atom stereocenters. The van der Waals surface area contributed by atoms with Gasteiger partial charge in [-0.05, 0) is 116 Å². The van der Waals surface area contributed by atoms with Crippen LogP contribution in [-0.2, 0) is 50.3 Å². The standard InChI is InChI=1S/C20H19NOSi.C20H18NOSi.2C16H16N.C4H6.CH4O3S.2CH4O.B5.2Ir/c2*1-23(2,3)14-10-11-19-17(13-14)15-7-6-8-16(20(15)22-19)18-9-4-5-12-21-18;2*1-2-8-14(9-3-1)16-11-10-15(12-17-16)13-6-4-5-7-13;1-3-4-2;1-5(2,3)4;2*1-2;1-4-5(2)3;;/h4-13H,1-3H3;4-7,9-13H,1-3H3;2*1-3,8,10-13H,4-7H2;1-2H3;1H3,(H,2,3,4);2*2H,1H3;;;/q;3*-1;;;;;;;/p-1. The average Bonchev–Trinajstić information content (AvgIpc) is 1.02.